The Kier molecular flexibility index (Phi) is 10.6. The second-order valence-electron chi connectivity index (χ2n) is 9.66. The number of esters is 1. The van der Waals surface area contributed by atoms with E-state index in [4.69, 9.17) is 18.9 Å². The lowest BCUT2D eigenvalue weighted by Crippen LogP contribution is -2.59. The van der Waals surface area contributed by atoms with Crippen LogP contribution in [0.5, 0.6) is 0 Å². The second kappa shape index (κ2) is 15.2. The van der Waals surface area contributed by atoms with E-state index in [0.717, 1.165) is 16.0 Å². The van der Waals surface area contributed by atoms with Crippen LogP contribution in [0.25, 0.3) is 10.4 Å². The molecule has 0 bridgehead atoms. The Balaban J connectivity index is 1.45. The van der Waals surface area contributed by atoms with Gasteiger partial charge in [-0.1, -0.05) is 114 Å². The van der Waals surface area contributed by atoms with Gasteiger partial charge in [0.05, 0.1) is 24.9 Å². The molecule has 1 heterocycles. The maximum absolute atomic E-state index is 12.9. The molecule has 0 spiro atoms. The molecular formula is C33H31N3O5S. The second-order valence-corrected chi connectivity index (χ2v) is 10.8. The zero-order valence-corrected chi connectivity index (χ0v) is 23.7. The van der Waals surface area contributed by atoms with Gasteiger partial charge in [0.25, 0.3) is 0 Å². The van der Waals surface area contributed by atoms with Crippen molar-refractivity contribution < 1.29 is 23.7 Å². The highest BCUT2D eigenvalue weighted by atomic mass is 32.2. The van der Waals surface area contributed by atoms with E-state index >= 15 is 0 Å². The van der Waals surface area contributed by atoms with Crippen molar-refractivity contribution in [1.29, 1.82) is 0 Å². The van der Waals surface area contributed by atoms with Crippen LogP contribution in [0.15, 0.2) is 131 Å². The molecule has 1 aliphatic rings. The number of benzene rings is 4. The molecule has 0 N–H and O–H groups in total. The van der Waals surface area contributed by atoms with Gasteiger partial charge < -0.3 is 18.9 Å². The Bertz CT molecular complexity index is 1440. The van der Waals surface area contributed by atoms with Crippen molar-refractivity contribution in [1.82, 2.24) is 0 Å². The van der Waals surface area contributed by atoms with Crippen molar-refractivity contribution in [2.24, 2.45) is 5.11 Å². The predicted molar refractivity (Wildman–Crippen MR) is 161 cm³/mol. The van der Waals surface area contributed by atoms with Crippen LogP contribution in [-0.2, 0) is 32.2 Å². The fraction of sp³-hybridized carbons (Fsp3) is 0.242. The molecular weight excluding hydrogens is 550 g/mol. The Labute approximate surface area is 249 Å². The maximum atomic E-state index is 12.9. The topological polar surface area (TPSA) is 103 Å². The Hall–Kier alpha value is -4.11. The van der Waals surface area contributed by atoms with E-state index in [1.54, 1.807) is 24.3 Å². The molecule has 5 rings (SSSR count). The van der Waals surface area contributed by atoms with Crippen LogP contribution in [0.3, 0.4) is 0 Å². The van der Waals surface area contributed by atoms with Crippen LogP contribution in [0.2, 0.25) is 0 Å². The fourth-order valence-corrected chi connectivity index (χ4v) is 5.81. The van der Waals surface area contributed by atoms with Crippen LogP contribution in [-0.4, -0.2) is 42.4 Å². The summed E-state index contributed by atoms with van der Waals surface area (Å²) in [6.45, 7) is 0.462. The number of hydrogen-bond acceptors (Lipinski definition) is 7. The minimum atomic E-state index is -0.731. The molecule has 0 aromatic heterocycles. The van der Waals surface area contributed by atoms with Gasteiger partial charge in [-0.15, -0.1) is 0 Å². The van der Waals surface area contributed by atoms with Crippen LogP contribution in [0.1, 0.15) is 21.5 Å². The van der Waals surface area contributed by atoms with E-state index in [-0.39, 0.29) is 19.8 Å². The smallest absolute Gasteiger partial charge is 0.338 e. The number of carbonyl (C=O) groups is 1. The summed E-state index contributed by atoms with van der Waals surface area (Å²) in [5, 5.41) is 4.16. The van der Waals surface area contributed by atoms with E-state index in [1.807, 2.05) is 97.1 Å². The molecule has 1 saturated heterocycles. The highest BCUT2D eigenvalue weighted by molar-refractivity contribution is 7.99. The lowest BCUT2D eigenvalue weighted by molar-refractivity contribution is -0.206. The summed E-state index contributed by atoms with van der Waals surface area (Å²) in [5.41, 5.74) is 11.3. The van der Waals surface area contributed by atoms with E-state index in [0.29, 0.717) is 5.56 Å². The van der Waals surface area contributed by atoms with Crippen molar-refractivity contribution in [3.63, 3.8) is 0 Å². The van der Waals surface area contributed by atoms with Crippen LogP contribution in [0, 0.1) is 0 Å². The quantitative estimate of drug-likeness (QED) is 0.0758. The fourth-order valence-electron chi connectivity index (χ4n) is 4.68. The van der Waals surface area contributed by atoms with E-state index in [9.17, 15) is 10.3 Å². The average Bonchev–Trinajstić information content (AvgIpc) is 3.05. The third-order valence-corrected chi connectivity index (χ3v) is 7.92. The summed E-state index contributed by atoms with van der Waals surface area (Å²) in [5.74, 6) is -0.466. The third-order valence-electron chi connectivity index (χ3n) is 6.75. The number of carbonyl (C=O) groups excluding carboxylic acids is 1. The number of hydrogen-bond donors (Lipinski definition) is 0. The molecule has 8 nitrogen and oxygen atoms in total. The molecule has 42 heavy (non-hydrogen) atoms. The minimum Gasteiger partial charge on any atom is -0.459 e. The normalized spacial score (nSPS) is 21.7. The van der Waals surface area contributed by atoms with Gasteiger partial charge in [0, 0.05) is 9.81 Å². The number of thioether (sulfide) groups is 1. The summed E-state index contributed by atoms with van der Waals surface area (Å²) in [7, 11) is 0. The van der Waals surface area contributed by atoms with Crippen LogP contribution in [0.4, 0.5) is 0 Å². The largest absolute Gasteiger partial charge is 0.459 e. The standard InChI is InChI=1S/C33H31N3O5S/c34-36-35-29-31(39-22-25-15-7-2-8-16-25)30(38-21-24-13-5-1-6-14-24)28(23-40-32(37)26-17-9-3-10-18-26)41-33(29)42-27-19-11-4-12-20-27/h1-20,28-31,33H,21-23H2/t28-,29-,30-,31-,33-/m1/s1. The Morgan fingerprint density at radius 1 is 0.762 bits per heavy atom. The molecule has 214 valence electrons. The first-order valence-corrected chi connectivity index (χ1v) is 14.5. The van der Waals surface area contributed by atoms with Gasteiger partial charge in [-0.05, 0) is 40.9 Å². The maximum Gasteiger partial charge on any atom is 0.338 e. The summed E-state index contributed by atoms with van der Waals surface area (Å²) in [6.07, 6.45) is -2.10. The predicted octanol–water partition coefficient (Wildman–Crippen LogP) is 7.21. The molecule has 1 aliphatic heterocycles. The van der Waals surface area contributed by atoms with Crippen LogP contribution < -0.4 is 0 Å². The summed E-state index contributed by atoms with van der Waals surface area (Å²) in [4.78, 5) is 17.0. The molecule has 4 aromatic rings. The molecule has 0 aliphatic carbocycles. The Morgan fingerprint density at radius 2 is 1.29 bits per heavy atom. The van der Waals surface area contributed by atoms with Gasteiger partial charge >= 0.3 is 5.97 Å². The molecule has 0 amide bonds. The number of ether oxygens (including phenoxy) is 4. The first-order chi connectivity index (χ1) is 20.7. The Morgan fingerprint density at radius 3 is 1.86 bits per heavy atom. The zero-order valence-electron chi connectivity index (χ0n) is 22.8. The van der Waals surface area contributed by atoms with Gasteiger partial charge in [-0.25, -0.2) is 4.79 Å². The third kappa shape index (κ3) is 8.00. The zero-order chi connectivity index (χ0) is 29.0. The number of azide groups is 1. The van der Waals surface area contributed by atoms with E-state index in [2.05, 4.69) is 10.0 Å². The number of nitrogens with zero attached hydrogens (tertiary/aromatic N) is 3. The van der Waals surface area contributed by atoms with Gasteiger partial charge in [0.15, 0.2) is 0 Å². The molecule has 0 saturated carbocycles. The monoisotopic (exact) mass is 581 g/mol. The van der Waals surface area contributed by atoms with Crippen molar-refractivity contribution >= 4 is 17.7 Å². The first kappa shape index (κ1) is 29.4. The SMILES string of the molecule is [N-]=[N+]=N[C@@H]1[C@@H](OCc2ccccc2)[C@H](OCc2ccccc2)[C@@H](COC(=O)c2ccccc2)O[C@@H]1Sc1ccccc1. The van der Waals surface area contributed by atoms with Crippen molar-refractivity contribution in [3.8, 4) is 0 Å². The van der Waals surface area contributed by atoms with E-state index < -0.39 is 35.8 Å². The molecule has 0 radical (unpaired) electrons. The minimum absolute atomic E-state index is 0.0762. The van der Waals surface area contributed by atoms with Crippen molar-refractivity contribution in [2.75, 3.05) is 6.61 Å². The molecule has 1 fully saturated rings. The highest BCUT2D eigenvalue weighted by Gasteiger charge is 2.48. The summed E-state index contributed by atoms with van der Waals surface area (Å²) >= 11 is 1.43. The van der Waals surface area contributed by atoms with Crippen molar-refractivity contribution in [2.45, 2.75) is 47.9 Å². The van der Waals surface area contributed by atoms with Crippen LogP contribution >= 0.6 is 11.8 Å². The van der Waals surface area contributed by atoms with Gasteiger partial charge in [0.1, 0.15) is 30.3 Å². The lowest BCUT2D eigenvalue weighted by atomic mass is 9.97. The molecule has 4 aromatic carbocycles. The molecule has 5 atom stereocenters. The van der Waals surface area contributed by atoms with E-state index in [1.165, 1.54) is 11.8 Å². The van der Waals surface area contributed by atoms with Gasteiger partial charge in [0.2, 0.25) is 0 Å². The van der Waals surface area contributed by atoms with Crippen molar-refractivity contribution in [3.05, 3.63) is 148 Å². The average molecular weight is 582 g/mol. The highest BCUT2D eigenvalue weighted by Crippen LogP contribution is 2.38. The van der Waals surface area contributed by atoms with Gasteiger partial charge in [-0.3, -0.25) is 0 Å². The number of rotatable bonds is 12. The summed E-state index contributed by atoms with van der Waals surface area (Å²) in [6, 6.07) is 37.3. The molecule has 0 unspecified atom stereocenters. The lowest BCUT2D eigenvalue weighted by Gasteiger charge is -2.44. The summed E-state index contributed by atoms with van der Waals surface area (Å²) < 4.78 is 25.2. The van der Waals surface area contributed by atoms with Gasteiger partial charge in [-0.2, -0.15) is 0 Å². The first-order valence-electron chi connectivity index (χ1n) is 13.7. The molecule has 9 heteroatoms.